The minimum atomic E-state index is -0.282. The van der Waals surface area contributed by atoms with Crippen molar-refractivity contribution in [3.05, 3.63) is 47.6 Å². The third-order valence-electron chi connectivity index (χ3n) is 3.91. The molecule has 6 nitrogen and oxygen atoms in total. The molecular weight excluding hydrogens is 270 g/mol. The molecular formula is C15H17N3O3. The number of pyridine rings is 1. The van der Waals surface area contributed by atoms with E-state index in [0.29, 0.717) is 24.2 Å². The summed E-state index contributed by atoms with van der Waals surface area (Å²) in [6, 6.07) is 5.40. The molecule has 0 saturated heterocycles. The number of carbonyl (C=O) groups excluding carboxylic acids is 1. The number of nitrogens with one attached hydrogen (secondary N) is 1. The highest BCUT2D eigenvalue weighted by Gasteiger charge is 2.36. The molecule has 2 aromatic rings. The molecule has 1 aliphatic carbocycles. The second-order valence-electron chi connectivity index (χ2n) is 5.39. The lowest BCUT2D eigenvalue weighted by Gasteiger charge is -2.37. The topological polar surface area (TPSA) is 88.3 Å². The highest BCUT2D eigenvalue weighted by Crippen LogP contribution is 2.37. The third-order valence-corrected chi connectivity index (χ3v) is 3.91. The van der Waals surface area contributed by atoms with Crippen LogP contribution in [0, 0.1) is 12.8 Å². The second kappa shape index (κ2) is 5.65. The summed E-state index contributed by atoms with van der Waals surface area (Å²) < 4.78 is 4.92. The summed E-state index contributed by atoms with van der Waals surface area (Å²) in [5.74, 6) is 0.450. The third kappa shape index (κ3) is 2.80. The average molecular weight is 287 g/mol. The van der Waals surface area contributed by atoms with Gasteiger partial charge in [0.15, 0.2) is 0 Å². The number of aromatic nitrogens is 2. The number of hydrogen-bond donors (Lipinski definition) is 2. The maximum absolute atomic E-state index is 12.3. The molecule has 21 heavy (non-hydrogen) atoms. The Kier molecular flexibility index (Phi) is 3.70. The maximum atomic E-state index is 12.3. The fourth-order valence-corrected chi connectivity index (χ4v) is 2.63. The highest BCUT2D eigenvalue weighted by molar-refractivity contribution is 5.95. The van der Waals surface area contributed by atoms with Crippen molar-refractivity contribution in [1.82, 2.24) is 15.5 Å². The van der Waals surface area contributed by atoms with E-state index in [-0.39, 0.29) is 24.0 Å². The zero-order valence-corrected chi connectivity index (χ0v) is 11.7. The van der Waals surface area contributed by atoms with Crippen molar-refractivity contribution in [2.75, 3.05) is 0 Å². The van der Waals surface area contributed by atoms with Gasteiger partial charge in [-0.1, -0.05) is 11.2 Å². The predicted molar refractivity (Wildman–Crippen MR) is 74.4 cm³/mol. The minimum Gasteiger partial charge on any atom is -0.393 e. The molecule has 0 aliphatic heterocycles. The van der Waals surface area contributed by atoms with Crippen LogP contribution in [0.4, 0.5) is 0 Å². The van der Waals surface area contributed by atoms with Crippen LogP contribution in [0.15, 0.2) is 35.1 Å². The Hall–Kier alpha value is -2.21. The van der Waals surface area contributed by atoms with Gasteiger partial charge < -0.3 is 14.9 Å². The first-order valence-electron chi connectivity index (χ1n) is 6.96. The molecule has 2 N–H and O–H groups in total. The van der Waals surface area contributed by atoms with Crippen molar-refractivity contribution in [2.45, 2.75) is 31.9 Å². The first-order valence-corrected chi connectivity index (χ1v) is 6.96. The summed E-state index contributed by atoms with van der Waals surface area (Å²) in [7, 11) is 0. The van der Waals surface area contributed by atoms with E-state index in [0.717, 1.165) is 5.69 Å². The van der Waals surface area contributed by atoms with Crippen LogP contribution < -0.4 is 5.32 Å². The summed E-state index contributed by atoms with van der Waals surface area (Å²) in [6.45, 7) is 1.70. The van der Waals surface area contributed by atoms with Gasteiger partial charge in [-0.05, 0) is 37.8 Å². The van der Waals surface area contributed by atoms with Gasteiger partial charge in [-0.25, -0.2) is 0 Å². The standard InChI is InChI=1S/C15H17N3O3/c1-9-12(8-17-21-9)15(20)18-14(10-6-11(19)7-10)13-4-2-3-5-16-13/h2-5,8,10-11,14,19H,6-7H2,1H3,(H,18,20)/t10?,11?,14-/m1/s1. The van der Waals surface area contributed by atoms with Gasteiger partial charge in [0.2, 0.25) is 0 Å². The molecule has 2 aromatic heterocycles. The number of hydrogen-bond acceptors (Lipinski definition) is 5. The molecule has 0 aromatic carbocycles. The van der Waals surface area contributed by atoms with Crippen LogP contribution in [0.5, 0.6) is 0 Å². The number of aliphatic hydroxyl groups excluding tert-OH is 1. The monoisotopic (exact) mass is 287 g/mol. The molecule has 0 radical (unpaired) electrons. The molecule has 0 unspecified atom stereocenters. The van der Waals surface area contributed by atoms with Crippen LogP contribution in [0.25, 0.3) is 0 Å². The highest BCUT2D eigenvalue weighted by atomic mass is 16.5. The summed E-state index contributed by atoms with van der Waals surface area (Å²) in [6.07, 6.45) is 4.17. The Bertz CT molecular complexity index is 620. The van der Waals surface area contributed by atoms with Crippen LogP contribution >= 0.6 is 0 Å². The summed E-state index contributed by atoms with van der Waals surface area (Å²) in [4.78, 5) is 16.7. The second-order valence-corrected chi connectivity index (χ2v) is 5.39. The van der Waals surface area contributed by atoms with Crippen molar-refractivity contribution in [2.24, 2.45) is 5.92 Å². The van der Waals surface area contributed by atoms with Crippen molar-refractivity contribution < 1.29 is 14.4 Å². The molecule has 110 valence electrons. The van der Waals surface area contributed by atoms with Gasteiger partial charge >= 0.3 is 0 Å². The molecule has 1 amide bonds. The fourth-order valence-electron chi connectivity index (χ4n) is 2.63. The number of rotatable bonds is 4. The first kappa shape index (κ1) is 13.8. The summed E-state index contributed by atoms with van der Waals surface area (Å²) >= 11 is 0. The van der Waals surface area contributed by atoms with Crippen LogP contribution in [0.2, 0.25) is 0 Å². The lowest BCUT2D eigenvalue weighted by Crippen LogP contribution is -2.41. The van der Waals surface area contributed by atoms with Gasteiger partial charge in [0.1, 0.15) is 11.3 Å². The van der Waals surface area contributed by atoms with Crippen molar-refractivity contribution in [3.63, 3.8) is 0 Å². The molecule has 1 atom stereocenters. The Morgan fingerprint density at radius 1 is 1.48 bits per heavy atom. The molecule has 2 heterocycles. The molecule has 0 spiro atoms. The molecule has 3 rings (SSSR count). The zero-order chi connectivity index (χ0) is 14.8. The van der Waals surface area contributed by atoms with Gasteiger partial charge in [-0.3, -0.25) is 9.78 Å². The number of aryl methyl sites for hydroxylation is 1. The Labute approximate surface area is 122 Å². The number of carbonyl (C=O) groups is 1. The SMILES string of the molecule is Cc1oncc1C(=O)N[C@@H](c1ccccn1)C1CC(O)C1. The van der Waals surface area contributed by atoms with Gasteiger partial charge in [0, 0.05) is 6.20 Å². The van der Waals surface area contributed by atoms with Crippen LogP contribution in [-0.2, 0) is 0 Å². The van der Waals surface area contributed by atoms with E-state index >= 15 is 0 Å². The Morgan fingerprint density at radius 3 is 2.86 bits per heavy atom. The maximum Gasteiger partial charge on any atom is 0.257 e. The summed E-state index contributed by atoms with van der Waals surface area (Å²) in [5.41, 5.74) is 1.23. The van der Waals surface area contributed by atoms with Crippen molar-refractivity contribution in [1.29, 1.82) is 0 Å². The van der Waals surface area contributed by atoms with Crippen molar-refractivity contribution >= 4 is 5.91 Å². The van der Waals surface area contributed by atoms with E-state index in [9.17, 15) is 9.90 Å². The van der Waals surface area contributed by atoms with Gasteiger partial charge in [-0.2, -0.15) is 0 Å². The largest absolute Gasteiger partial charge is 0.393 e. The van der Waals surface area contributed by atoms with Crippen molar-refractivity contribution in [3.8, 4) is 0 Å². The lowest BCUT2D eigenvalue weighted by atomic mass is 9.76. The average Bonchev–Trinajstić information content (AvgIpc) is 2.89. The fraction of sp³-hybridized carbons (Fsp3) is 0.400. The van der Waals surface area contributed by atoms with Crippen LogP contribution in [0.3, 0.4) is 0 Å². The minimum absolute atomic E-state index is 0.194. The van der Waals surface area contributed by atoms with Gasteiger partial charge in [0.25, 0.3) is 5.91 Å². The molecule has 1 saturated carbocycles. The predicted octanol–water partition coefficient (Wildman–Crippen LogP) is 1.62. The first-order chi connectivity index (χ1) is 10.1. The quantitative estimate of drug-likeness (QED) is 0.892. The number of amides is 1. The molecule has 6 heteroatoms. The normalized spacial score (nSPS) is 22.4. The lowest BCUT2D eigenvalue weighted by molar-refractivity contribution is 0.0228. The molecule has 1 aliphatic rings. The Balaban J connectivity index is 1.80. The van der Waals surface area contributed by atoms with Crippen LogP contribution in [0.1, 0.15) is 40.7 Å². The van der Waals surface area contributed by atoms with E-state index in [4.69, 9.17) is 4.52 Å². The van der Waals surface area contributed by atoms with E-state index in [1.807, 2.05) is 18.2 Å². The van der Waals surface area contributed by atoms with E-state index in [2.05, 4.69) is 15.5 Å². The summed E-state index contributed by atoms with van der Waals surface area (Å²) in [5, 5.41) is 16.1. The smallest absolute Gasteiger partial charge is 0.257 e. The van der Waals surface area contributed by atoms with Gasteiger partial charge in [-0.15, -0.1) is 0 Å². The van der Waals surface area contributed by atoms with E-state index in [1.54, 1.807) is 13.1 Å². The van der Waals surface area contributed by atoms with Crippen LogP contribution in [-0.4, -0.2) is 27.3 Å². The number of nitrogens with zero attached hydrogens (tertiary/aromatic N) is 2. The Morgan fingerprint density at radius 2 is 2.29 bits per heavy atom. The van der Waals surface area contributed by atoms with Gasteiger partial charge in [0.05, 0.1) is 24.0 Å². The molecule has 0 bridgehead atoms. The van der Waals surface area contributed by atoms with E-state index < -0.39 is 0 Å². The molecule has 1 fully saturated rings. The van der Waals surface area contributed by atoms with E-state index in [1.165, 1.54) is 6.20 Å². The number of aliphatic hydroxyl groups is 1. The zero-order valence-electron chi connectivity index (χ0n) is 11.7.